The first-order valence-electron chi connectivity index (χ1n) is 19.8. The largest absolute Gasteiger partial charge is 0.485 e. The van der Waals surface area contributed by atoms with Crippen LogP contribution in [0.3, 0.4) is 0 Å². The molecule has 2 unspecified atom stereocenters. The number of halogens is 6. The van der Waals surface area contributed by atoms with Crippen LogP contribution in [0.15, 0.2) is 85.2 Å². The third-order valence-corrected chi connectivity index (χ3v) is 10.1. The number of carbonyl (C=O) groups is 4. The third-order valence-electron chi connectivity index (χ3n) is 10.1. The molecular formula is C44H34F6N10O6. The summed E-state index contributed by atoms with van der Waals surface area (Å²) in [7, 11) is 0. The molecule has 22 heteroatoms. The average Bonchev–Trinajstić information content (AvgIpc) is 4.02. The van der Waals surface area contributed by atoms with Gasteiger partial charge in [-0.1, -0.05) is 12.1 Å². The SMILES string of the molecule is N#Cc1cccc(C(=O)Nc2cc(C(F)(F)F)cc(NC(=O)c3cc(C(=O)Nc4cc(C(F)(F)F)cc(NC(=O)c5cccc(C#N)c5)c4OC4CCNC4)ncn3)c2OC2CCNC2)c1. The van der Waals surface area contributed by atoms with Gasteiger partial charge in [-0.05, 0) is 86.6 Å². The van der Waals surface area contributed by atoms with E-state index in [2.05, 4.69) is 41.9 Å². The molecule has 2 aliphatic heterocycles. The molecule has 4 amide bonds. The third kappa shape index (κ3) is 11.0. The minimum Gasteiger partial charge on any atom is -0.485 e. The van der Waals surface area contributed by atoms with E-state index in [0.29, 0.717) is 50.2 Å². The van der Waals surface area contributed by atoms with Crippen LogP contribution in [-0.2, 0) is 12.4 Å². The lowest BCUT2D eigenvalue weighted by Gasteiger charge is -2.22. The fraction of sp³-hybridized carbons (Fsp3) is 0.227. The maximum absolute atomic E-state index is 14.4. The fourth-order valence-corrected chi connectivity index (χ4v) is 6.83. The van der Waals surface area contributed by atoms with Crippen LogP contribution >= 0.6 is 0 Å². The molecule has 2 aliphatic rings. The van der Waals surface area contributed by atoms with Crippen LogP contribution in [0.4, 0.5) is 49.1 Å². The van der Waals surface area contributed by atoms with Gasteiger partial charge in [0.25, 0.3) is 23.6 Å². The Labute approximate surface area is 370 Å². The molecule has 3 heterocycles. The van der Waals surface area contributed by atoms with Gasteiger partial charge in [0.15, 0.2) is 11.5 Å². The van der Waals surface area contributed by atoms with E-state index in [1.807, 2.05) is 12.1 Å². The van der Waals surface area contributed by atoms with Crippen LogP contribution in [0.1, 0.15) is 76.8 Å². The molecule has 5 aromatic rings. The topological polar surface area (TPSA) is 232 Å². The maximum atomic E-state index is 14.4. The van der Waals surface area contributed by atoms with Crippen molar-refractivity contribution in [2.24, 2.45) is 0 Å². The number of aromatic nitrogens is 2. The normalized spacial score (nSPS) is 15.8. The summed E-state index contributed by atoms with van der Waals surface area (Å²) >= 11 is 0. The van der Waals surface area contributed by atoms with Crippen LogP contribution in [0.2, 0.25) is 0 Å². The Morgan fingerprint density at radius 2 is 0.955 bits per heavy atom. The van der Waals surface area contributed by atoms with Gasteiger partial charge < -0.3 is 41.4 Å². The first-order valence-corrected chi connectivity index (χ1v) is 19.8. The van der Waals surface area contributed by atoms with Crippen molar-refractivity contribution < 1.29 is 55.0 Å². The first-order chi connectivity index (χ1) is 31.5. The van der Waals surface area contributed by atoms with Crippen molar-refractivity contribution in [3.05, 3.63) is 130 Å². The van der Waals surface area contributed by atoms with Gasteiger partial charge in [-0.2, -0.15) is 36.9 Å². The summed E-state index contributed by atoms with van der Waals surface area (Å²) in [6.45, 7) is 1.50. The Kier molecular flexibility index (Phi) is 13.5. The summed E-state index contributed by atoms with van der Waals surface area (Å²) < 4.78 is 98.3. The summed E-state index contributed by atoms with van der Waals surface area (Å²) in [5.74, 6) is -4.92. The summed E-state index contributed by atoms with van der Waals surface area (Å²) in [5.41, 5.74) is -5.83. The van der Waals surface area contributed by atoms with E-state index in [-0.39, 0.29) is 46.8 Å². The number of carbonyl (C=O) groups excluding carboxylic acids is 4. The molecule has 2 saturated heterocycles. The highest BCUT2D eigenvalue weighted by molar-refractivity contribution is 6.10. The molecule has 338 valence electrons. The molecule has 4 aromatic carbocycles. The molecule has 7 rings (SSSR count). The number of anilines is 4. The second kappa shape index (κ2) is 19.3. The average molecular weight is 913 g/mol. The summed E-state index contributed by atoms with van der Waals surface area (Å²) in [5, 5.41) is 34.1. The van der Waals surface area contributed by atoms with Crippen molar-refractivity contribution >= 4 is 46.4 Å². The van der Waals surface area contributed by atoms with Crippen LogP contribution in [0.5, 0.6) is 11.5 Å². The summed E-state index contributed by atoms with van der Waals surface area (Å²) in [6.07, 6.45) is -9.72. The highest BCUT2D eigenvalue weighted by atomic mass is 19.4. The van der Waals surface area contributed by atoms with Crippen molar-refractivity contribution in [2.75, 3.05) is 47.4 Å². The number of alkyl halides is 6. The van der Waals surface area contributed by atoms with Crippen molar-refractivity contribution in [2.45, 2.75) is 37.4 Å². The highest BCUT2D eigenvalue weighted by Gasteiger charge is 2.36. The molecule has 16 nitrogen and oxygen atoms in total. The van der Waals surface area contributed by atoms with Gasteiger partial charge in [-0.15, -0.1) is 0 Å². The Balaban J connectivity index is 1.21. The summed E-state index contributed by atoms with van der Waals surface area (Å²) in [6, 6.07) is 17.7. The lowest BCUT2D eigenvalue weighted by atomic mass is 10.1. The summed E-state index contributed by atoms with van der Waals surface area (Å²) in [4.78, 5) is 62.0. The lowest BCUT2D eigenvalue weighted by molar-refractivity contribution is -0.138. The van der Waals surface area contributed by atoms with Crippen molar-refractivity contribution in [3.8, 4) is 23.6 Å². The second-order valence-electron chi connectivity index (χ2n) is 14.8. The molecule has 66 heavy (non-hydrogen) atoms. The van der Waals surface area contributed by atoms with Gasteiger partial charge in [0.05, 0.1) is 57.1 Å². The number of hydrogen-bond donors (Lipinski definition) is 6. The van der Waals surface area contributed by atoms with Gasteiger partial charge in [0.1, 0.15) is 29.9 Å². The van der Waals surface area contributed by atoms with Crippen LogP contribution < -0.4 is 41.4 Å². The molecule has 2 fully saturated rings. The van der Waals surface area contributed by atoms with Gasteiger partial charge >= 0.3 is 12.4 Å². The number of amides is 4. The number of benzene rings is 4. The maximum Gasteiger partial charge on any atom is 0.416 e. The number of nitrogens with zero attached hydrogens (tertiary/aromatic N) is 4. The highest BCUT2D eigenvalue weighted by Crippen LogP contribution is 2.44. The molecule has 0 bridgehead atoms. The van der Waals surface area contributed by atoms with E-state index in [4.69, 9.17) is 9.47 Å². The van der Waals surface area contributed by atoms with Gasteiger partial charge in [0.2, 0.25) is 0 Å². The molecule has 1 aromatic heterocycles. The molecule has 0 radical (unpaired) electrons. The van der Waals surface area contributed by atoms with E-state index in [1.54, 1.807) is 0 Å². The van der Waals surface area contributed by atoms with Crippen LogP contribution in [0.25, 0.3) is 0 Å². The second-order valence-corrected chi connectivity index (χ2v) is 14.8. The number of nitrogens with one attached hydrogen (secondary N) is 6. The van der Waals surface area contributed by atoms with Gasteiger partial charge in [0, 0.05) is 30.3 Å². The Morgan fingerprint density at radius 1 is 0.576 bits per heavy atom. The standard InChI is InChI=1S/C44H34F6N10O6/c45-43(46,47)27-13-31(57-39(61)25-5-1-3-23(11-25)18-51)37(65-29-7-9-53-20-29)33(15-27)59-41(63)35-17-36(56-22-55-35)42(64)60-34-16-28(44(48,49)50)14-32(38(34)66-30-8-10-54-21-30)58-40(62)26-6-2-4-24(12-26)19-52/h1-6,11-17,22,29-30,53-54H,7-10,20-21H2,(H,57,61)(H,58,62)(H,59,63)(H,60,64). The van der Waals surface area contributed by atoms with E-state index < -0.39 is 93.5 Å². The van der Waals surface area contributed by atoms with E-state index in [0.717, 1.165) is 12.4 Å². The fourth-order valence-electron chi connectivity index (χ4n) is 6.83. The van der Waals surface area contributed by atoms with E-state index in [9.17, 15) is 56.0 Å². The Morgan fingerprint density at radius 3 is 1.29 bits per heavy atom. The molecule has 2 atom stereocenters. The lowest BCUT2D eigenvalue weighted by Crippen LogP contribution is -2.24. The predicted octanol–water partition coefficient (Wildman–Crippen LogP) is 6.75. The van der Waals surface area contributed by atoms with Crippen LogP contribution in [-0.4, -0.2) is 72.0 Å². The van der Waals surface area contributed by atoms with Crippen molar-refractivity contribution in [1.82, 2.24) is 20.6 Å². The zero-order valence-electron chi connectivity index (χ0n) is 34.0. The number of hydrogen-bond acceptors (Lipinski definition) is 12. The Hall–Kier alpha value is -8.08. The zero-order valence-corrected chi connectivity index (χ0v) is 34.0. The predicted molar refractivity (Wildman–Crippen MR) is 223 cm³/mol. The Bertz CT molecular complexity index is 2610. The molecule has 0 saturated carbocycles. The van der Waals surface area contributed by atoms with Crippen LogP contribution in [0, 0.1) is 22.7 Å². The molecule has 6 N–H and O–H groups in total. The van der Waals surface area contributed by atoms with Crippen molar-refractivity contribution in [3.63, 3.8) is 0 Å². The zero-order chi connectivity index (χ0) is 47.2. The number of ether oxygens (including phenoxy) is 2. The van der Waals surface area contributed by atoms with Gasteiger partial charge in [-0.3, -0.25) is 19.2 Å². The number of nitriles is 2. The molecule has 0 aliphatic carbocycles. The number of rotatable bonds is 12. The quantitative estimate of drug-likeness (QED) is 0.0714. The first kappa shape index (κ1) is 45.9. The monoisotopic (exact) mass is 912 g/mol. The minimum atomic E-state index is -5.02. The minimum absolute atomic E-state index is 0.0695. The smallest absolute Gasteiger partial charge is 0.416 e. The van der Waals surface area contributed by atoms with Gasteiger partial charge in [-0.25, -0.2) is 9.97 Å². The molecule has 0 spiro atoms. The molecular weight excluding hydrogens is 879 g/mol. The van der Waals surface area contributed by atoms with E-state index in [1.165, 1.54) is 48.5 Å². The van der Waals surface area contributed by atoms with Crippen molar-refractivity contribution in [1.29, 1.82) is 10.5 Å². The van der Waals surface area contributed by atoms with E-state index >= 15 is 0 Å².